The normalized spacial score (nSPS) is 10.4. The summed E-state index contributed by atoms with van der Waals surface area (Å²) in [5.74, 6) is 0.484. The number of hydrogen-bond donors (Lipinski definition) is 1. The second-order valence-electron chi connectivity index (χ2n) is 4.65. The van der Waals surface area contributed by atoms with Crippen LogP contribution in [-0.2, 0) is 0 Å². The summed E-state index contributed by atoms with van der Waals surface area (Å²) in [6, 6.07) is 10.6. The van der Waals surface area contributed by atoms with Crippen molar-refractivity contribution in [3.05, 3.63) is 63.7 Å². The van der Waals surface area contributed by atoms with E-state index in [0.29, 0.717) is 22.6 Å². The molecule has 0 aliphatic rings. The van der Waals surface area contributed by atoms with E-state index in [2.05, 4.69) is 10.5 Å². The Morgan fingerprint density at radius 2 is 1.83 bits per heavy atom. The molecule has 1 amide bonds. The largest absolute Gasteiger partial charge is 0.497 e. The topological polar surface area (TPSA) is 103 Å². The van der Waals surface area contributed by atoms with E-state index in [1.165, 1.54) is 38.6 Å². The van der Waals surface area contributed by atoms with Gasteiger partial charge in [0, 0.05) is 29.3 Å². The van der Waals surface area contributed by atoms with E-state index in [-0.39, 0.29) is 5.69 Å². The Morgan fingerprint density at radius 3 is 2.42 bits per heavy atom. The number of carbonyl (C=O) groups is 1. The third-order valence-electron chi connectivity index (χ3n) is 3.07. The molecule has 0 saturated heterocycles. The predicted octanol–water partition coefficient (Wildman–Crippen LogP) is 2.38. The zero-order valence-electron chi connectivity index (χ0n) is 13.1. The molecule has 0 unspecified atom stereocenters. The van der Waals surface area contributed by atoms with Crippen molar-refractivity contribution in [1.29, 1.82) is 0 Å². The highest BCUT2D eigenvalue weighted by Crippen LogP contribution is 2.22. The number of rotatable bonds is 6. The fraction of sp³-hybridized carbons (Fsp3) is 0.125. The van der Waals surface area contributed by atoms with Crippen molar-refractivity contribution in [2.45, 2.75) is 0 Å². The summed E-state index contributed by atoms with van der Waals surface area (Å²) in [4.78, 5) is 22.3. The minimum absolute atomic E-state index is 0.0530. The smallest absolute Gasteiger partial charge is 0.271 e. The lowest BCUT2D eigenvalue weighted by atomic mass is 10.2. The van der Waals surface area contributed by atoms with Crippen molar-refractivity contribution >= 4 is 17.8 Å². The highest BCUT2D eigenvalue weighted by Gasteiger charge is 2.09. The number of nitro benzene ring substituents is 1. The van der Waals surface area contributed by atoms with E-state index >= 15 is 0 Å². The summed E-state index contributed by atoms with van der Waals surface area (Å²) in [6.45, 7) is 0. The number of nitrogens with one attached hydrogen (secondary N) is 1. The first kappa shape index (κ1) is 16.9. The molecule has 124 valence electrons. The van der Waals surface area contributed by atoms with Crippen LogP contribution in [-0.4, -0.2) is 31.3 Å². The van der Waals surface area contributed by atoms with Crippen molar-refractivity contribution in [3.8, 4) is 11.5 Å². The van der Waals surface area contributed by atoms with Crippen LogP contribution in [0.4, 0.5) is 5.69 Å². The standard InChI is InChI=1S/C16H15N3O5/c1-23-14-7-12(8-15(9-14)24-2)16(20)18-17-10-11-4-3-5-13(6-11)19(21)22/h3-10H,1-2H3,(H,18,20). The summed E-state index contributed by atoms with van der Waals surface area (Å²) in [7, 11) is 2.97. The second kappa shape index (κ2) is 7.73. The summed E-state index contributed by atoms with van der Waals surface area (Å²) >= 11 is 0. The summed E-state index contributed by atoms with van der Waals surface area (Å²) in [5, 5.41) is 14.5. The van der Waals surface area contributed by atoms with E-state index in [4.69, 9.17) is 9.47 Å². The van der Waals surface area contributed by atoms with Gasteiger partial charge in [-0.2, -0.15) is 5.10 Å². The Hall–Kier alpha value is -3.42. The molecule has 8 nitrogen and oxygen atoms in total. The minimum atomic E-state index is -0.502. The maximum Gasteiger partial charge on any atom is 0.271 e. The number of nitrogens with zero attached hydrogens (tertiary/aromatic N) is 2. The predicted molar refractivity (Wildman–Crippen MR) is 87.7 cm³/mol. The highest BCUT2D eigenvalue weighted by atomic mass is 16.6. The van der Waals surface area contributed by atoms with Gasteiger partial charge in [-0.1, -0.05) is 12.1 Å². The quantitative estimate of drug-likeness (QED) is 0.498. The average molecular weight is 329 g/mol. The molecule has 0 saturated carbocycles. The van der Waals surface area contributed by atoms with E-state index in [1.54, 1.807) is 24.3 Å². The van der Waals surface area contributed by atoms with E-state index in [1.807, 2.05) is 0 Å². The maximum atomic E-state index is 12.1. The zero-order valence-corrected chi connectivity index (χ0v) is 13.1. The summed E-state index contributed by atoms with van der Waals surface area (Å²) < 4.78 is 10.2. The van der Waals surface area contributed by atoms with Crippen LogP contribution in [0, 0.1) is 10.1 Å². The van der Waals surface area contributed by atoms with Crippen molar-refractivity contribution in [2.24, 2.45) is 5.10 Å². The van der Waals surface area contributed by atoms with Gasteiger partial charge in [0.2, 0.25) is 0 Å². The van der Waals surface area contributed by atoms with Gasteiger partial charge in [0.05, 0.1) is 25.4 Å². The number of nitro groups is 1. The van der Waals surface area contributed by atoms with Gasteiger partial charge < -0.3 is 9.47 Å². The molecule has 2 rings (SSSR count). The highest BCUT2D eigenvalue weighted by molar-refractivity contribution is 5.95. The molecular weight excluding hydrogens is 314 g/mol. The van der Waals surface area contributed by atoms with Gasteiger partial charge in [0.25, 0.3) is 11.6 Å². The Kier molecular flexibility index (Phi) is 5.45. The Labute approximate surface area is 137 Å². The number of amides is 1. The van der Waals surface area contributed by atoms with Gasteiger partial charge in [0.1, 0.15) is 11.5 Å². The van der Waals surface area contributed by atoms with Gasteiger partial charge >= 0.3 is 0 Å². The number of benzene rings is 2. The molecule has 0 fully saturated rings. The summed E-state index contributed by atoms with van der Waals surface area (Å²) in [6.07, 6.45) is 1.32. The maximum absolute atomic E-state index is 12.1. The van der Waals surface area contributed by atoms with Gasteiger partial charge in [-0.05, 0) is 12.1 Å². The second-order valence-corrected chi connectivity index (χ2v) is 4.65. The monoisotopic (exact) mass is 329 g/mol. The van der Waals surface area contributed by atoms with Gasteiger partial charge in [-0.25, -0.2) is 5.43 Å². The lowest BCUT2D eigenvalue weighted by molar-refractivity contribution is -0.384. The molecule has 1 N–H and O–H groups in total. The number of methoxy groups -OCH3 is 2. The Balaban J connectivity index is 2.10. The van der Waals surface area contributed by atoms with Gasteiger partial charge in [-0.15, -0.1) is 0 Å². The van der Waals surface area contributed by atoms with Crippen LogP contribution >= 0.6 is 0 Å². The van der Waals surface area contributed by atoms with Crippen molar-refractivity contribution in [1.82, 2.24) is 5.43 Å². The summed E-state index contributed by atoms with van der Waals surface area (Å²) in [5.41, 5.74) is 3.10. The lowest BCUT2D eigenvalue weighted by Gasteiger charge is -2.07. The SMILES string of the molecule is COc1cc(OC)cc(C(=O)NN=Cc2cccc([N+](=O)[O-])c2)c1. The molecule has 0 bridgehead atoms. The number of ether oxygens (including phenoxy) is 2. The van der Waals surface area contributed by atoms with Crippen LogP contribution in [0.2, 0.25) is 0 Å². The molecule has 2 aromatic rings. The first-order valence-corrected chi connectivity index (χ1v) is 6.84. The molecule has 0 atom stereocenters. The number of hydrogen-bond acceptors (Lipinski definition) is 6. The molecule has 2 aromatic carbocycles. The Bertz CT molecular complexity index is 767. The fourth-order valence-electron chi connectivity index (χ4n) is 1.89. The molecule has 0 aromatic heterocycles. The van der Waals surface area contributed by atoms with Gasteiger partial charge in [0.15, 0.2) is 0 Å². The van der Waals surface area contributed by atoms with E-state index in [0.717, 1.165) is 0 Å². The van der Waals surface area contributed by atoms with E-state index in [9.17, 15) is 14.9 Å². The van der Waals surface area contributed by atoms with Crippen LogP contribution in [0.15, 0.2) is 47.6 Å². The lowest BCUT2D eigenvalue weighted by Crippen LogP contribution is -2.17. The average Bonchev–Trinajstić information content (AvgIpc) is 2.61. The first-order valence-electron chi connectivity index (χ1n) is 6.84. The third-order valence-corrected chi connectivity index (χ3v) is 3.07. The van der Waals surface area contributed by atoms with Crippen LogP contribution in [0.3, 0.4) is 0 Å². The molecule has 0 aliphatic carbocycles. The molecule has 8 heteroatoms. The molecule has 0 radical (unpaired) electrons. The van der Waals surface area contributed by atoms with Crippen LogP contribution in [0.5, 0.6) is 11.5 Å². The van der Waals surface area contributed by atoms with Crippen molar-refractivity contribution in [3.63, 3.8) is 0 Å². The van der Waals surface area contributed by atoms with Crippen molar-refractivity contribution in [2.75, 3.05) is 14.2 Å². The molecule has 0 aliphatic heterocycles. The van der Waals surface area contributed by atoms with Crippen LogP contribution in [0.1, 0.15) is 15.9 Å². The fourth-order valence-corrected chi connectivity index (χ4v) is 1.89. The molecular formula is C16H15N3O5. The van der Waals surface area contributed by atoms with Crippen LogP contribution < -0.4 is 14.9 Å². The van der Waals surface area contributed by atoms with E-state index < -0.39 is 10.8 Å². The van der Waals surface area contributed by atoms with Gasteiger partial charge in [-0.3, -0.25) is 14.9 Å². The number of carbonyl (C=O) groups excluding carboxylic acids is 1. The molecule has 24 heavy (non-hydrogen) atoms. The molecule has 0 spiro atoms. The third kappa shape index (κ3) is 4.29. The van der Waals surface area contributed by atoms with Crippen molar-refractivity contribution < 1.29 is 19.2 Å². The number of hydrazone groups is 1. The Morgan fingerprint density at radius 1 is 1.17 bits per heavy atom. The first-order chi connectivity index (χ1) is 11.5. The van der Waals surface area contributed by atoms with Crippen LogP contribution in [0.25, 0.3) is 0 Å². The zero-order chi connectivity index (χ0) is 17.5. The number of non-ortho nitro benzene ring substituents is 1. The minimum Gasteiger partial charge on any atom is -0.497 e. The molecule has 0 heterocycles.